The molecule has 0 aliphatic carbocycles. The molecule has 2 aromatic carbocycles. The number of carbonyl (C=O) groups is 1. The lowest BCUT2D eigenvalue weighted by atomic mass is 9.79. The molecule has 36 heavy (non-hydrogen) atoms. The van der Waals surface area contributed by atoms with Crippen molar-refractivity contribution in [3.63, 3.8) is 0 Å². The first-order chi connectivity index (χ1) is 17.0. The lowest BCUT2D eigenvalue weighted by Gasteiger charge is -2.26. The molecule has 0 fully saturated rings. The molecule has 0 saturated carbocycles. The van der Waals surface area contributed by atoms with Gasteiger partial charge in [-0.15, -0.1) is 0 Å². The minimum atomic E-state index is -0.426. The second-order valence-corrected chi connectivity index (χ2v) is 11.0. The molecule has 6 heteroatoms. The van der Waals surface area contributed by atoms with E-state index < -0.39 is 6.09 Å². The van der Waals surface area contributed by atoms with Gasteiger partial charge in [0.15, 0.2) is 0 Å². The average molecular weight is 500 g/mol. The number of hydrogen-bond donors (Lipinski definition) is 1. The van der Waals surface area contributed by atoms with E-state index in [1.54, 1.807) is 0 Å². The Kier molecular flexibility index (Phi) is 11.9. The number of amides is 1. The normalized spacial score (nSPS) is 12.0. The maximum absolute atomic E-state index is 12.3. The Bertz CT molecular complexity index is 894. The van der Waals surface area contributed by atoms with Gasteiger partial charge in [0.1, 0.15) is 6.61 Å². The van der Waals surface area contributed by atoms with Gasteiger partial charge in [0.05, 0.1) is 33.0 Å². The number of ether oxygens (including phenoxy) is 4. The smallest absolute Gasteiger partial charge is 0.407 e. The molecule has 0 atom stereocenters. The summed E-state index contributed by atoms with van der Waals surface area (Å²) in [6, 6.07) is 14.5. The van der Waals surface area contributed by atoms with Crippen LogP contribution in [0.2, 0.25) is 0 Å². The second-order valence-electron chi connectivity index (χ2n) is 11.0. The maximum atomic E-state index is 12.3. The number of hydrogen-bond acceptors (Lipinski definition) is 5. The Morgan fingerprint density at radius 3 is 1.72 bits per heavy atom. The van der Waals surface area contributed by atoms with Crippen molar-refractivity contribution < 1.29 is 23.7 Å². The van der Waals surface area contributed by atoms with Crippen LogP contribution in [0.5, 0.6) is 0 Å². The molecule has 0 aliphatic heterocycles. The fourth-order valence-corrected chi connectivity index (χ4v) is 3.44. The first kappa shape index (κ1) is 29.8. The zero-order chi connectivity index (χ0) is 26.6. The number of carbonyl (C=O) groups excluding carboxylic acids is 1. The summed E-state index contributed by atoms with van der Waals surface area (Å²) in [7, 11) is 0. The van der Waals surface area contributed by atoms with Gasteiger partial charge in [-0.1, -0.05) is 84.0 Å². The van der Waals surface area contributed by atoms with Crippen molar-refractivity contribution in [1.82, 2.24) is 5.32 Å². The third-order valence-corrected chi connectivity index (χ3v) is 5.77. The second kappa shape index (κ2) is 14.4. The summed E-state index contributed by atoms with van der Waals surface area (Å²) < 4.78 is 21.7. The molecule has 0 saturated heterocycles. The van der Waals surface area contributed by atoms with Gasteiger partial charge in [0.2, 0.25) is 0 Å². The fraction of sp³-hybridized carbons (Fsp3) is 0.567. The fourth-order valence-electron chi connectivity index (χ4n) is 3.44. The van der Waals surface area contributed by atoms with Gasteiger partial charge in [0.25, 0.3) is 0 Å². The lowest BCUT2D eigenvalue weighted by molar-refractivity contribution is 0.0128. The topological polar surface area (TPSA) is 66.0 Å². The van der Waals surface area contributed by atoms with E-state index in [9.17, 15) is 4.79 Å². The quantitative estimate of drug-likeness (QED) is 0.329. The summed E-state index contributed by atoms with van der Waals surface area (Å²) in [6.45, 7) is 19.3. The van der Waals surface area contributed by atoms with E-state index >= 15 is 0 Å². The molecule has 6 nitrogen and oxygen atoms in total. The number of alkyl carbamates (subject to hydrolysis) is 1. The molecule has 0 radical (unpaired) electrons. The highest BCUT2D eigenvalue weighted by Gasteiger charge is 2.20. The van der Waals surface area contributed by atoms with Crippen LogP contribution in [0.3, 0.4) is 0 Å². The number of nitrogens with one attached hydrogen (secondary N) is 1. The molecule has 0 unspecified atom stereocenters. The molecule has 2 rings (SSSR count). The molecular weight excluding hydrogens is 454 g/mol. The minimum Gasteiger partial charge on any atom is -0.445 e. The Morgan fingerprint density at radius 2 is 1.19 bits per heavy atom. The molecule has 0 spiro atoms. The van der Waals surface area contributed by atoms with E-state index in [1.807, 2.05) is 31.2 Å². The SMILES string of the molecule is CCOCCOCCOCc1ccc(COC(=O)NCc2cc(C(C)(C)C)cc(C(C)(C)C)c2)cc1. The van der Waals surface area contributed by atoms with E-state index in [1.165, 1.54) is 11.1 Å². The maximum Gasteiger partial charge on any atom is 0.407 e. The van der Waals surface area contributed by atoms with Gasteiger partial charge in [-0.05, 0) is 45.6 Å². The Hall–Kier alpha value is -2.41. The summed E-state index contributed by atoms with van der Waals surface area (Å²) in [5, 5.41) is 2.89. The molecule has 0 aliphatic rings. The van der Waals surface area contributed by atoms with Crippen molar-refractivity contribution in [2.45, 2.75) is 79.1 Å². The summed E-state index contributed by atoms with van der Waals surface area (Å²) in [6.07, 6.45) is -0.426. The van der Waals surface area contributed by atoms with Gasteiger partial charge < -0.3 is 24.3 Å². The highest BCUT2D eigenvalue weighted by Crippen LogP contribution is 2.30. The predicted octanol–water partition coefficient (Wildman–Crippen LogP) is 6.28. The molecule has 1 amide bonds. The van der Waals surface area contributed by atoms with Gasteiger partial charge >= 0.3 is 6.09 Å². The highest BCUT2D eigenvalue weighted by atomic mass is 16.5. The number of rotatable bonds is 13. The van der Waals surface area contributed by atoms with E-state index in [0.717, 1.165) is 16.7 Å². The molecule has 0 bridgehead atoms. The van der Waals surface area contributed by atoms with Crippen molar-refractivity contribution in [3.05, 3.63) is 70.3 Å². The van der Waals surface area contributed by atoms with E-state index in [-0.39, 0.29) is 17.4 Å². The molecule has 200 valence electrons. The third-order valence-electron chi connectivity index (χ3n) is 5.77. The molecule has 0 heterocycles. The van der Waals surface area contributed by atoms with Crippen LogP contribution in [-0.4, -0.2) is 39.1 Å². The van der Waals surface area contributed by atoms with Gasteiger partial charge in [-0.3, -0.25) is 0 Å². The largest absolute Gasteiger partial charge is 0.445 e. The summed E-state index contributed by atoms with van der Waals surface area (Å²) >= 11 is 0. The van der Waals surface area contributed by atoms with E-state index in [4.69, 9.17) is 18.9 Å². The zero-order valence-electron chi connectivity index (χ0n) is 23.2. The van der Waals surface area contributed by atoms with Crippen molar-refractivity contribution in [2.75, 3.05) is 33.0 Å². The summed E-state index contributed by atoms with van der Waals surface area (Å²) in [5.74, 6) is 0. The minimum absolute atomic E-state index is 0.0329. The monoisotopic (exact) mass is 499 g/mol. The average Bonchev–Trinajstić information content (AvgIpc) is 2.82. The molecular formula is C30H45NO5. The Labute approximate surface area is 217 Å². The van der Waals surface area contributed by atoms with Gasteiger partial charge in [-0.2, -0.15) is 0 Å². The van der Waals surface area contributed by atoms with E-state index in [2.05, 4.69) is 65.1 Å². The van der Waals surface area contributed by atoms with Gasteiger partial charge in [0, 0.05) is 13.2 Å². The summed E-state index contributed by atoms with van der Waals surface area (Å²) in [5.41, 5.74) is 5.66. The highest BCUT2D eigenvalue weighted by molar-refractivity contribution is 5.67. The van der Waals surface area contributed by atoms with Crippen molar-refractivity contribution in [2.24, 2.45) is 0 Å². The van der Waals surface area contributed by atoms with Crippen LogP contribution in [0.1, 0.15) is 76.3 Å². The van der Waals surface area contributed by atoms with Crippen LogP contribution in [-0.2, 0) is 49.5 Å². The third kappa shape index (κ3) is 11.1. The van der Waals surface area contributed by atoms with Crippen LogP contribution in [0.25, 0.3) is 0 Å². The van der Waals surface area contributed by atoms with Crippen LogP contribution < -0.4 is 5.32 Å². The standard InChI is InChI=1S/C30H45NO5/c1-8-33-13-14-34-15-16-35-21-23-9-11-24(12-10-23)22-36-28(32)31-20-25-17-26(29(2,3)4)19-27(18-25)30(5,6)7/h9-12,17-19H,8,13-16,20-22H2,1-7H3,(H,31,32). The zero-order valence-corrected chi connectivity index (χ0v) is 23.2. The Morgan fingerprint density at radius 1 is 0.694 bits per heavy atom. The summed E-state index contributed by atoms with van der Waals surface area (Å²) in [4.78, 5) is 12.3. The first-order valence-electron chi connectivity index (χ1n) is 12.9. The van der Waals surface area contributed by atoms with Crippen LogP contribution in [0.4, 0.5) is 4.79 Å². The van der Waals surface area contributed by atoms with E-state index in [0.29, 0.717) is 46.2 Å². The Balaban J connectivity index is 1.76. The lowest BCUT2D eigenvalue weighted by Crippen LogP contribution is -2.24. The van der Waals surface area contributed by atoms with Gasteiger partial charge in [-0.25, -0.2) is 4.79 Å². The van der Waals surface area contributed by atoms with Crippen molar-refractivity contribution in [3.8, 4) is 0 Å². The van der Waals surface area contributed by atoms with Crippen LogP contribution in [0, 0.1) is 0 Å². The van der Waals surface area contributed by atoms with Crippen LogP contribution in [0.15, 0.2) is 42.5 Å². The van der Waals surface area contributed by atoms with Crippen molar-refractivity contribution >= 4 is 6.09 Å². The molecule has 0 aromatic heterocycles. The predicted molar refractivity (Wildman–Crippen MR) is 144 cm³/mol. The first-order valence-corrected chi connectivity index (χ1v) is 12.9. The van der Waals surface area contributed by atoms with Crippen LogP contribution >= 0.6 is 0 Å². The number of benzene rings is 2. The molecule has 2 aromatic rings. The molecule has 1 N–H and O–H groups in total. The van der Waals surface area contributed by atoms with Crippen molar-refractivity contribution in [1.29, 1.82) is 0 Å².